The van der Waals surface area contributed by atoms with Gasteiger partial charge in [0.25, 0.3) is 0 Å². The topological polar surface area (TPSA) is 58.2 Å². The minimum atomic E-state index is -0.164. The Hall–Kier alpha value is -2.04. The molecule has 0 aliphatic heterocycles. The van der Waals surface area contributed by atoms with E-state index in [1.54, 1.807) is 18.2 Å². The van der Waals surface area contributed by atoms with Crippen molar-refractivity contribution in [1.29, 1.82) is 0 Å². The number of benzene rings is 2. The highest BCUT2D eigenvalue weighted by molar-refractivity contribution is 6.36. The first-order valence-corrected chi connectivity index (χ1v) is 8.88. The van der Waals surface area contributed by atoms with Crippen LogP contribution in [0.25, 0.3) is 0 Å². The lowest BCUT2D eigenvalue weighted by Gasteiger charge is -2.10. The van der Waals surface area contributed by atoms with Crippen LogP contribution in [-0.4, -0.2) is 11.8 Å². The summed E-state index contributed by atoms with van der Waals surface area (Å²) in [6.07, 6.45) is 2.05. The van der Waals surface area contributed by atoms with Crippen LogP contribution in [0.4, 0.5) is 5.69 Å². The number of nitrogens with one attached hydrogen (secondary N) is 2. The van der Waals surface area contributed by atoms with E-state index in [0.29, 0.717) is 22.2 Å². The maximum absolute atomic E-state index is 12.2. The van der Waals surface area contributed by atoms with Gasteiger partial charge in [-0.3, -0.25) is 9.59 Å². The van der Waals surface area contributed by atoms with E-state index in [4.69, 9.17) is 23.2 Å². The molecule has 0 unspecified atom stereocenters. The van der Waals surface area contributed by atoms with E-state index in [1.807, 2.05) is 24.3 Å². The van der Waals surface area contributed by atoms with Crippen LogP contribution in [0.5, 0.6) is 0 Å². The largest absolute Gasteiger partial charge is 0.352 e. The van der Waals surface area contributed by atoms with Crippen LogP contribution >= 0.6 is 23.2 Å². The van der Waals surface area contributed by atoms with Gasteiger partial charge in [-0.05, 0) is 48.2 Å². The van der Waals surface area contributed by atoms with E-state index in [1.165, 1.54) is 0 Å². The van der Waals surface area contributed by atoms with Crippen LogP contribution in [0.1, 0.15) is 24.0 Å². The fourth-order valence-corrected chi connectivity index (χ4v) is 3.00. The standard InChI is InChI=1S/C19H18Cl2N2O2/c20-16-5-2-6-17(21)15(16)10-18(24)22-11-12-3-1-4-14(9-12)23-19(25)13-7-8-13/h1-6,9,13H,7-8,10-11H2,(H,22,24)(H,23,25). The Kier molecular flexibility index (Phi) is 5.61. The maximum Gasteiger partial charge on any atom is 0.227 e. The van der Waals surface area contributed by atoms with Crippen molar-refractivity contribution in [3.63, 3.8) is 0 Å². The fourth-order valence-electron chi connectivity index (χ4n) is 2.47. The molecule has 0 radical (unpaired) electrons. The average Bonchev–Trinajstić information content (AvgIpc) is 3.42. The monoisotopic (exact) mass is 376 g/mol. The van der Waals surface area contributed by atoms with Gasteiger partial charge in [0.1, 0.15) is 0 Å². The molecule has 1 fully saturated rings. The molecule has 25 heavy (non-hydrogen) atoms. The smallest absolute Gasteiger partial charge is 0.227 e. The van der Waals surface area contributed by atoms with Gasteiger partial charge in [-0.15, -0.1) is 0 Å². The second-order valence-electron chi connectivity index (χ2n) is 6.12. The second kappa shape index (κ2) is 7.89. The van der Waals surface area contributed by atoms with Crippen molar-refractivity contribution in [3.05, 3.63) is 63.6 Å². The Bertz CT molecular complexity index is 784. The number of amides is 2. The lowest BCUT2D eigenvalue weighted by molar-refractivity contribution is -0.120. The molecule has 2 aromatic carbocycles. The van der Waals surface area contributed by atoms with Crippen LogP contribution in [0, 0.1) is 5.92 Å². The molecule has 130 valence electrons. The van der Waals surface area contributed by atoms with E-state index < -0.39 is 0 Å². The number of carbonyl (C=O) groups excluding carboxylic acids is 2. The molecule has 0 spiro atoms. The summed E-state index contributed by atoms with van der Waals surface area (Å²) < 4.78 is 0. The van der Waals surface area contributed by atoms with E-state index in [9.17, 15) is 9.59 Å². The summed E-state index contributed by atoms with van der Waals surface area (Å²) >= 11 is 12.2. The first-order valence-electron chi connectivity index (χ1n) is 8.12. The van der Waals surface area contributed by atoms with Gasteiger partial charge < -0.3 is 10.6 Å². The Morgan fingerprint density at radius 3 is 2.40 bits per heavy atom. The van der Waals surface area contributed by atoms with Crippen molar-refractivity contribution in [1.82, 2.24) is 5.32 Å². The van der Waals surface area contributed by atoms with E-state index in [2.05, 4.69) is 10.6 Å². The molecular weight excluding hydrogens is 359 g/mol. The van der Waals surface area contributed by atoms with Gasteiger partial charge in [0, 0.05) is 28.2 Å². The number of hydrogen-bond acceptors (Lipinski definition) is 2. The summed E-state index contributed by atoms with van der Waals surface area (Å²) in [5, 5.41) is 6.71. The molecule has 6 heteroatoms. The summed E-state index contributed by atoms with van der Waals surface area (Å²) in [6, 6.07) is 12.6. The highest BCUT2D eigenvalue weighted by atomic mass is 35.5. The molecule has 0 atom stereocenters. The second-order valence-corrected chi connectivity index (χ2v) is 6.93. The highest BCUT2D eigenvalue weighted by Gasteiger charge is 2.29. The van der Waals surface area contributed by atoms with Crippen LogP contribution < -0.4 is 10.6 Å². The van der Waals surface area contributed by atoms with Crippen molar-refractivity contribution in [2.24, 2.45) is 5.92 Å². The first-order chi connectivity index (χ1) is 12.0. The third-order valence-corrected chi connectivity index (χ3v) is 4.74. The average molecular weight is 377 g/mol. The minimum Gasteiger partial charge on any atom is -0.352 e. The molecule has 0 aromatic heterocycles. The molecule has 0 heterocycles. The minimum absolute atomic E-state index is 0.0644. The van der Waals surface area contributed by atoms with Gasteiger partial charge in [-0.25, -0.2) is 0 Å². The number of rotatable bonds is 6. The van der Waals surface area contributed by atoms with Crippen LogP contribution in [-0.2, 0) is 22.6 Å². The SMILES string of the molecule is O=C(Cc1c(Cl)cccc1Cl)NCc1cccc(NC(=O)C2CC2)c1. The zero-order chi connectivity index (χ0) is 17.8. The third-order valence-electron chi connectivity index (χ3n) is 4.03. The first kappa shape index (κ1) is 17.8. The summed E-state index contributed by atoms with van der Waals surface area (Å²) in [6.45, 7) is 0.369. The Balaban J connectivity index is 1.56. The molecule has 1 aliphatic rings. The summed E-state index contributed by atoms with van der Waals surface area (Å²) in [5.74, 6) is 0.0562. The Morgan fingerprint density at radius 2 is 1.72 bits per heavy atom. The predicted molar refractivity (Wildman–Crippen MR) is 99.8 cm³/mol. The van der Waals surface area contributed by atoms with Crippen molar-refractivity contribution in [2.75, 3.05) is 5.32 Å². The van der Waals surface area contributed by atoms with Gasteiger partial charge in [0.2, 0.25) is 11.8 Å². The van der Waals surface area contributed by atoms with Gasteiger partial charge in [0.05, 0.1) is 6.42 Å². The molecule has 2 aromatic rings. The van der Waals surface area contributed by atoms with E-state index in [-0.39, 0.29) is 24.2 Å². The summed E-state index contributed by atoms with van der Waals surface area (Å²) in [5.41, 5.74) is 2.28. The van der Waals surface area contributed by atoms with Crippen molar-refractivity contribution >= 4 is 40.7 Å². The number of anilines is 1. The lowest BCUT2D eigenvalue weighted by atomic mass is 10.1. The Labute approximate surface area is 156 Å². The van der Waals surface area contributed by atoms with Crippen LogP contribution in [0.15, 0.2) is 42.5 Å². The number of hydrogen-bond donors (Lipinski definition) is 2. The third kappa shape index (κ3) is 4.97. The number of halogens is 2. The Morgan fingerprint density at radius 1 is 1.04 bits per heavy atom. The quantitative estimate of drug-likeness (QED) is 0.793. The van der Waals surface area contributed by atoms with Gasteiger partial charge in [0.15, 0.2) is 0 Å². The molecule has 1 saturated carbocycles. The van der Waals surface area contributed by atoms with Crippen molar-refractivity contribution in [2.45, 2.75) is 25.8 Å². The molecule has 1 aliphatic carbocycles. The predicted octanol–water partition coefficient (Wildman–Crippen LogP) is 4.20. The summed E-state index contributed by atoms with van der Waals surface area (Å²) in [7, 11) is 0. The molecule has 4 nitrogen and oxygen atoms in total. The van der Waals surface area contributed by atoms with Crippen LogP contribution in [0.3, 0.4) is 0 Å². The zero-order valence-electron chi connectivity index (χ0n) is 13.5. The van der Waals surface area contributed by atoms with Crippen LogP contribution in [0.2, 0.25) is 10.0 Å². The van der Waals surface area contributed by atoms with Gasteiger partial charge in [-0.1, -0.05) is 41.4 Å². The molecule has 0 saturated heterocycles. The number of carbonyl (C=O) groups is 2. The normalized spacial score (nSPS) is 13.4. The van der Waals surface area contributed by atoms with Gasteiger partial charge in [-0.2, -0.15) is 0 Å². The lowest BCUT2D eigenvalue weighted by Crippen LogP contribution is -2.25. The van der Waals surface area contributed by atoms with Crippen molar-refractivity contribution < 1.29 is 9.59 Å². The van der Waals surface area contributed by atoms with E-state index in [0.717, 1.165) is 24.1 Å². The molecular formula is C19H18Cl2N2O2. The molecule has 0 bridgehead atoms. The molecule has 3 rings (SSSR count). The molecule has 2 amide bonds. The maximum atomic E-state index is 12.2. The van der Waals surface area contributed by atoms with E-state index >= 15 is 0 Å². The highest BCUT2D eigenvalue weighted by Crippen LogP contribution is 2.30. The zero-order valence-corrected chi connectivity index (χ0v) is 15.0. The molecule has 2 N–H and O–H groups in total. The summed E-state index contributed by atoms with van der Waals surface area (Å²) in [4.78, 5) is 24.0. The van der Waals surface area contributed by atoms with Crippen molar-refractivity contribution in [3.8, 4) is 0 Å². The fraction of sp³-hybridized carbons (Fsp3) is 0.263. The van der Waals surface area contributed by atoms with Gasteiger partial charge >= 0.3 is 0 Å².